The highest BCUT2D eigenvalue weighted by Crippen LogP contribution is 2.28. The summed E-state index contributed by atoms with van der Waals surface area (Å²) in [5, 5.41) is 15.0. The van der Waals surface area contributed by atoms with Gasteiger partial charge in [0.2, 0.25) is 5.91 Å². The fraction of sp³-hybridized carbons (Fsp3) is 0.0870. The Morgan fingerprint density at radius 2 is 1.75 bits per heavy atom. The van der Waals surface area contributed by atoms with E-state index in [-0.39, 0.29) is 18.4 Å². The molecule has 0 fully saturated rings. The fourth-order valence-electron chi connectivity index (χ4n) is 2.95. The van der Waals surface area contributed by atoms with E-state index >= 15 is 0 Å². The van der Waals surface area contributed by atoms with Crippen molar-refractivity contribution in [1.29, 1.82) is 0 Å². The minimum atomic E-state index is -0.289. The lowest BCUT2D eigenvalue weighted by atomic mass is 10.1. The smallest absolute Gasteiger partial charge is 0.257 e. The quantitative estimate of drug-likeness (QED) is 0.413. The number of amides is 2. The van der Waals surface area contributed by atoms with Crippen molar-refractivity contribution in [3.63, 3.8) is 0 Å². The second-order valence-electron chi connectivity index (χ2n) is 6.95. The lowest BCUT2D eigenvalue weighted by Crippen LogP contribution is -2.11. The summed E-state index contributed by atoms with van der Waals surface area (Å²) in [7, 11) is 0. The molecule has 2 amide bonds. The van der Waals surface area contributed by atoms with Gasteiger partial charge in [-0.25, -0.2) is 15.0 Å². The number of hydrogen-bond acceptors (Lipinski definition) is 7. The molecular weight excluding hydrogens is 426 g/mol. The first kappa shape index (κ1) is 21.3. The topological polar surface area (TPSA) is 117 Å². The van der Waals surface area contributed by atoms with Gasteiger partial charge in [-0.15, -0.1) is 0 Å². The number of thiazole rings is 1. The number of fused-ring (bicyclic) bond motifs is 1. The van der Waals surface area contributed by atoms with Gasteiger partial charge in [0.15, 0.2) is 5.13 Å². The number of benzene rings is 1. The molecule has 0 unspecified atom stereocenters. The summed E-state index contributed by atoms with van der Waals surface area (Å²) >= 11 is 1.27. The number of pyridine rings is 2. The summed E-state index contributed by atoms with van der Waals surface area (Å²) in [5.74, 6) is -0.00221. The highest BCUT2D eigenvalue weighted by atomic mass is 32.1. The van der Waals surface area contributed by atoms with E-state index in [2.05, 4.69) is 32.2 Å². The molecule has 0 aliphatic rings. The van der Waals surface area contributed by atoms with E-state index in [1.165, 1.54) is 18.3 Å². The molecule has 4 aromatic rings. The van der Waals surface area contributed by atoms with E-state index in [1.807, 2.05) is 18.2 Å². The zero-order valence-electron chi connectivity index (χ0n) is 17.1. The molecule has 0 spiro atoms. The zero-order valence-corrected chi connectivity index (χ0v) is 17.9. The van der Waals surface area contributed by atoms with Gasteiger partial charge >= 0.3 is 0 Å². The minimum absolute atomic E-state index is 0.137. The molecule has 3 N–H and O–H groups in total. The molecule has 0 atom stereocenters. The summed E-state index contributed by atoms with van der Waals surface area (Å²) in [6, 6.07) is 14.0. The lowest BCUT2D eigenvalue weighted by Gasteiger charge is -2.04. The predicted molar refractivity (Wildman–Crippen MR) is 125 cm³/mol. The Morgan fingerprint density at radius 3 is 2.41 bits per heavy atom. The first-order valence-corrected chi connectivity index (χ1v) is 10.5. The van der Waals surface area contributed by atoms with Crippen molar-refractivity contribution < 1.29 is 14.7 Å². The van der Waals surface area contributed by atoms with Gasteiger partial charge in [-0.05, 0) is 47.5 Å². The molecule has 3 aromatic heterocycles. The number of carbonyl (C=O) groups excluding carboxylic acids is 2. The van der Waals surface area contributed by atoms with Crippen LogP contribution in [0, 0.1) is 0 Å². The Bertz CT molecular complexity index is 1310. The third-order valence-electron chi connectivity index (χ3n) is 4.59. The highest BCUT2D eigenvalue weighted by molar-refractivity contribution is 7.22. The normalized spacial score (nSPS) is 10.7. The fourth-order valence-corrected chi connectivity index (χ4v) is 3.78. The molecule has 1 aromatic carbocycles. The Balaban J connectivity index is 1.51. The van der Waals surface area contributed by atoms with E-state index in [0.717, 1.165) is 11.1 Å². The van der Waals surface area contributed by atoms with E-state index < -0.39 is 0 Å². The molecule has 0 radical (unpaired) electrons. The third kappa shape index (κ3) is 4.69. The van der Waals surface area contributed by atoms with Crippen molar-refractivity contribution >= 4 is 50.0 Å². The van der Waals surface area contributed by atoms with E-state index in [0.29, 0.717) is 38.1 Å². The van der Waals surface area contributed by atoms with Gasteiger partial charge in [-0.2, -0.15) is 0 Å². The standard InChI is InChI=1S/C23H19N5O3S/c1-13(12-29)15-3-5-16(6-4-15)21(31)28-23-27-19-9-8-18(26-22(19)32-23)17-7-10-20(24-11-17)25-14(2)30/h3-11,29H,1,12H2,2H3,(H,24,25,30)(H,27,28,31). The number of aliphatic hydroxyl groups is 1. The van der Waals surface area contributed by atoms with Crippen LogP contribution in [0.25, 0.3) is 27.2 Å². The minimum Gasteiger partial charge on any atom is -0.392 e. The van der Waals surface area contributed by atoms with Crippen molar-refractivity contribution in [2.75, 3.05) is 17.2 Å². The molecule has 8 nitrogen and oxygen atoms in total. The molecule has 0 saturated heterocycles. The maximum Gasteiger partial charge on any atom is 0.257 e. The van der Waals surface area contributed by atoms with Crippen molar-refractivity contribution in [3.05, 3.63) is 72.4 Å². The number of hydrogen-bond donors (Lipinski definition) is 3. The van der Waals surface area contributed by atoms with Crippen LogP contribution in [0.15, 0.2) is 61.3 Å². The molecule has 9 heteroatoms. The first-order valence-electron chi connectivity index (χ1n) is 9.65. The Morgan fingerprint density at radius 1 is 1.00 bits per heavy atom. The third-order valence-corrected chi connectivity index (χ3v) is 5.47. The summed E-state index contributed by atoms with van der Waals surface area (Å²) in [6.45, 7) is 5.06. The summed E-state index contributed by atoms with van der Waals surface area (Å²) < 4.78 is 0. The summed E-state index contributed by atoms with van der Waals surface area (Å²) in [5.41, 5.74) is 4.01. The molecule has 0 saturated carbocycles. The number of aliphatic hydroxyl groups excluding tert-OH is 1. The Hall–Kier alpha value is -3.95. The van der Waals surface area contributed by atoms with Crippen molar-refractivity contribution in [1.82, 2.24) is 15.0 Å². The lowest BCUT2D eigenvalue weighted by molar-refractivity contribution is -0.114. The number of aromatic nitrogens is 3. The van der Waals surface area contributed by atoms with Gasteiger partial charge < -0.3 is 10.4 Å². The predicted octanol–water partition coefficient (Wildman–Crippen LogP) is 3.97. The Labute approximate surface area is 187 Å². The number of anilines is 2. The van der Waals surface area contributed by atoms with Gasteiger partial charge in [-0.3, -0.25) is 14.9 Å². The van der Waals surface area contributed by atoms with Crippen LogP contribution in [0.4, 0.5) is 10.9 Å². The maximum atomic E-state index is 12.6. The number of nitrogens with one attached hydrogen (secondary N) is 2. The van der Waals surface area contributed by atoms with Gasteiger partial charge in [0.05, 0.1) is 12.3 Å². The summed E-state index contributed by atoms with van der Waals surface area (Å²) in [6.07, 6.45) is 1.64. The van der Waals surface area contributed by atoms with E-state index in [9.17, 15) is 9.59 Å². The van der Waals surface area contributed by atoms with Gasteiger partial charge in [0.25, 0.3) is 5.91 Å². The van der Waals surface area contributed by atoms with Crippen LogP contribution in [0.3, 0.4) is 0 Å². The van der Waals surface area contributed by atoms with Crippen LogP contribution in [0.1, 0.15) is 22.8 Å². The second kappa shape index (κ2) is 9.04. The zero-order chi connectivity index (χ0) is 22.7. The van der Waals surface area contributed by atoms with Crippen LogP contribution in [-0.4, -0.2) is 38.5 Å². The van der Waals surface area contributed by atoms with Crippen LogP contribution < -0.4 is 10.6 Å². The van der Waals surface area contributed by atoms with Crippen LogP contribution in [0.2, 0.25) is 0 Å². The van der Waals surface area contributed by atoms with Crippen LogP contribution in [0.5, 0.6) is 0 Å². The monoisotopic (exact) mass is 445 g/mol. The number of rotatable bonds is 6. The average Bonchev–Trinajstić information content (AvgIpc) is 3.20. The SMILES string of the molecule is C=C(CO)c1ccc(C(=O)Nc2nc3ccc(-c4ccc(NC(C)=O)nc4)nc3s2)cc1. The van der Waals surface area contributed by atoms with Gasteiger partial charge in [-0.1, -0.05) is 30.0 Å². The van der Waals surface area contributed by atoms with E-state index in [4.69, 9.17) is 5.11 Å². The van der Waals surface area contributed by atoms with Crippen LogP contribution in [-0.2, 0) is 4.79 Å². The molecule has 0 bridgehead atoms. The molecule has 3 heterocycles. The maximum absolute atomic E-state index is 12.6. The largest absolute Gasteiger partial charge is 0.392 e. The molecule has 0 aliphatic carbocycles. The van der Waals surface area contributed by atoms with Crippen LogP contribution >= 0.6 is 11.3 Å². The van der Waals surface area contributed by atoms with Gasteiger partial charge in [0, 0.05) is 24.2 Å². The summed E-state index contributed by atoms with van der Waals surface area (Å²) in [4.78, 5) is 37.6. The van der Waals surface area contributed by atoms with Crippen molar-refractivity contribution in [2.45, 2.75) is 6.92 Å². The Kier molecular flexibility index (Phi) is 6.02. The van der Waals surface area contributed by atoms with E-state index in [1.54, 1.807) is 36.5 Å². The van der Waals surface area contributed by atoms with Gasteiger partial charge in [0.1, 0.15) is 16.2 Å². The average molecular weight is 446 g/mol. The first-order chi connectivity index (χ1) is 15.4. The molecule has 160 valence electrons. The number of nitrogens with zero attached hydrogens (tertiary/aromatic N) is 3. The molecular formula is C23H19N5O3S. The molecule has 32 heavy (non-hydrogen) atoms. The molecule has 4 rings (SSSR count). The van der Waals surface area contributed by atoms with Crippen molar-refractivity contribution in [3.8, 4) is 11.3 Å². The van der Waals surface area contributed by atoms with Crippen molar-refractivity contribution in [2.24, 2.45) is 0 Å². The second-order valence-corrected chi connectivity index (χ2v) is 7.92. The highest BCUT2D eigenvalue weighted by Gasteiger charge is 2.12. The molecule has 0 aliphatic heterocycles. The number of carbonyl (C=O) groups is 2.